The zero-order chi connectivity index (χ0) is 15.6. The summed E-state index contributed by atoms with van der Waals surface area (Å²) in [7, 11) is 0. The van der Waals surface area contributed by atoms with Crippen LogP contribution >= 0.6 is 34.2 Å². The van der Waals surface area contributed by atoms with Crippen molar-refractivity contribution in [2.24, 2.45) is 0 Å². The molecule has 1 N–H and O–H groups in total. The number of carbonyl (C=O) groups excluding carboxylic acids is 1. The molecule has 0 atom stereocenters. The molecular formula is C17H17ClINO. The van der Waals surface area contributed by atoms with E-state index in [0.29, 0.717) is 10.6 Å². The van der Waals surface area contributed by atoms with E-state index in [-0.39, 0.29) is 11.3 Å². The van der Waals surface area contributed by atoms with Crippen molar-refractivity contribution >= 4 is 45.8 Å². The molecule has 2 rings (SSSR count). The standard InChI is InChI=1S/C17H17ClINO/c1-17(2,3)13-6-4-5-7-15(13)20-16(21)12-10-11(18)8-9-14(12)19/h4-10H,1-3H3,(H,20,21). The van der Waals surface area contributed by atoms with E-state index in [1.54, 1.807) is 12.1 Å². The van der Waals surface area contributed by atoms with Crippen molar-refractivity contribution in [1.82, 2.24) is 0 Å². The second-order valence-corrected chi connectivity index (χ2v) is 7.47. The van der Waals surface area contributed by atoms with Gasteiger partial charge in [-0.3, -0.25) is 4.79 Å². The van der Waals surface area contributed by atoms with Gasteiger partial charge in [0.2, 0.25) is 0 Å². The number of halogens is 2. The normalized spacial score (nSPS) is 11.3. The lowest BCUT2D eigenvalue weighted by Gasteiger charge is -2.23. The predicted molar refractivity (Wildman–Crippen MR) is 97.3 cm³/mol. The smallest absolute Gasteiger partial charge is 0.256 e. The Morgan fingerprint density at radius 2 is 1.81 bits per heavy atom. The number of amides is 1. The van der Waals surface area contributed by atoms with E-state index >= 15 is 0 Å². The summed E-state index contributed by atoms with van der Waals surface area (Å²) in [6, 6.07) is 13.2. The van der Waals surface area contributed by atoms with Crippen molar-refractivity contribution in [2.45, 2.75) is 26.2 Å². The molecule has 21 heavy (non-hydrogen) atoms. The van der Waals surface area contributed by atoms with E-state index in [4.69, 9.17) is 11.6 Å². The Labute approximate surface area is 144 Å². The average Bonchev–Trinajstić information content (AvgIpc) is 2.41. The van der Waals surface area contributed by atoms with Crippen LogP contribution in [0.3, 0.4) is 0 Å². The lowest BCUT2D eigenvalue weighted by molar-refractivity contribution is 0.102. The van der Waals surface area contributed by atoms with Gasteiger partial charge in [-0.15, -0.1) is 0 Å². The number of benzene rings is 2. The SMILES string of the molecule is CC(C)(C)c1ccccc1NC(=O)c1cc(Cl)ccc1I. The molecule has 0 aliphatic carbocycles. The minimum atomic E-state index is -0.140. The van der Waals surface area contributed by atoms with Crippen LogP contribution in [-0.4, -0.2) is 5.91 Å². The molecule has 0 fully saturated rings. The summed E-state index contributed by atoms with van der Waals surface area (Å²) < 4.78 is 0.878. The molecular weight excluding hydrogens is 397 g/mol. The third-order valence-electron chi connectivity index (χ3n) is 3.16. The van der Waals surface area contributed by atoms with Gasteiger partial charge in [0.1, 0.15) is 0 Å². The lowest BCUT2D eigenvalue weighted by Crippen LogP contribution is -2.19. The summed E-state index contributed by atoms with van der Waals surface area (Å²) in [4.78, 5) is 12.5. The van der Waals surface area contributed by atoms with Crippen LogP contribution in [0, 0.1) is 3.57 Å². The molecule has 4 heteroatoms. The van der Waals surface area contributed by atoms with Gasteiger partial charge in [-0.1, -0.05) is 50.6 Å². The van der Waals surface area contributed by atoms with Crippen LogP contribution in [0.2, 0.25) is 5.02 Å². The van der Waals surface area contributed by atoms with Gasteiger partial charge in [0.15, 0.2) is 0 Å². The Kier molecular flexibility index (Phi) is 4.94. The maximum absolute atomic E-state index is 12.5. The molecule has 0 saturated carbocycles. The zero-order valence-corrected chi connectivity index (χ0v) is 15.1. The van der Waals surface area contributed by atoms with Gasteiger partial charge in [-0.05, 0) is 57.8 Å². The van der Waals surface area contributed by atoms with Crippen LogP contribution in [0.1, 0.15) is 36.7 Å². The van der Waals surface area contributed by atoms with Crippen LogP contribution in [0.5, 0.6) is 0 Å². The minimum absolute atomic E-state index is 0.0363. The van der Waals surface area contributed by atoms with Crippen LogP contribution in [-0.2, 0) is 5.41 Å². The quantitative estimate of drug-likeness (QED) is 0.648. The molecule has 0 aliphatic rings. The summed E-state index contributed by atoms with van der Waals surface area (Å²) >= 11 is 8.12. The number of anilines is 1. The highest BCUT2D eigenvalue weighted by molar-refractivity contribution is 14.1. The number of nitrogens with one attached hydrogen (secondary N) is 1. The summed E-state index contributed by atoms with van der Waals surface area (Å²) in [5.41, 5.74) is 2.50. The molecule has 0 heterocycles. The largest absolute Gasteiger partial charge is 0.322 e. The highest BCUT2D eigenvalue weighted by atomic mass is 127. The molecule has 2 nitrogen and oxygen atoms in total. The Balaban J connectivity index is 2.35. The van der Waals surface area contributed by atoms with E-state index < -0.39 is 0 Å². The van der Waals surface area contributed by atoms with Crippen LogP contribution < -0.4 is 5.32 Å². The van der Waals surface area contributed by atoms with Gasteiger partial charge in [-0.25, -0.2) is 0 Å². The molecule has 0 spiro atoms. The molecule has 0 aromatic heterocycles. The summed E-state index contributed by atoms with van der Waals surface area (Å²) in [6.07, 6.45) is 0. The van der Waals surface area contributed by atoms with E-state index in [1.165, 1.54) is 0 Å². The number of hydrogen-bond acceptors (Lipinski definition) is 1. The fourth-order valence-electron chi connectivity index (χ4n) is 2.11. The highest BCUT2D eigenvalue weighted by Gasteiger charge is 2.19. The van der Waals surface area contributed by atoms with Crippen molar-refractivity contribution in [1.29, 1.82) is 0 Å². The van der Waals surface area contributed by atoms with E-state index in [2.05, 4.69) is 48.7 Å². The monoisotopic (exact) mass is 413 g/mol. The Bertz CT molecular complexity index is 677. The zero-order valence-electron chi connectivity index (χ0n) is 12.2. The van der Waals surface area contributed by atoms with Crippen molar-refractivity contribution in [3.63, 3.8) is 0 Å². The maximum atomic E-state index is 12.5. The number of rotatable bonds is 2. The molecule has 2 aromatic carbocycles. The molecule has 1 amide bonds. The first-order chi connectivity index (χ1) is 9.79. The molecule has 0 unspecified atom stereocenters. The maximum Gasteiger partial charge on any atom is 0.256 e. The van der Waals surface area contributed by atoms with Crippen LogP contribution in [0.25, 0.3) is 0 Å². The topological polar surface area (TPSA) is 29.1 Å². The summed E-state index contributed by atoms with van der Waals surface area (Å²) in [5.74, 6) is -0.140. The van der Waals surface area contributed by atoms with Gasteiger partial charge in [0.05, 0.1) is 5.56 Å². The third-order valence-corrected chi connectivity index (χ3v) is 4.33. The number of para-hydroxylation sites is 1. The molecule has 0 aliphatic heterocycles. The predicted octanol–water partition coefficient (Wildman–Crippen LogP) is 5.49. The van der Waals surface area contributed by atoms with Crippen molar-refractivity contribution < 1.29 is 4.79 Å². The van der Waals surface area contributed by atoms with Gasteiger partial charge in [0, 0.05) is 14.3 Å². The Morgan fingerprint density at radius 3 is 2.48 bits per heavy atom. The Morgan fingerprint density at radius 1 is 1.14 bits per heavy atom. The Hall–Kier alpha value is -1.07. The van der Waals surface area contributed by atoms with Crippen molar-refractivity contribution in [3.05, 3.63) is 62.2 Å². The molecule has 0 bridgehead atoms. The second kappa shape index (κ2) is 6.36. The van der Waals surface area contributed by atoms with Gasteiger partial charge >= 0.3 is 0 Å². The van der Waals surface area contributed by atoms with Crippen molar-refractivity contribution in [2.75, 3.05) is 5.32 Å². The number of carbonyl (C=O) groups is 1. The molecule has 0 saturated heterocycles. The van der Waals surface area contributed by atoms with Crippen LogP contribution in [0.15, 0.2) is 42.5 Å². The molecule has 0 radical (unpaired) electrons. The lowest BCUT2D eigenvalue weighted by atomic mass is 9.86. The van der Waals surface area contributed by atoms with E-state index in [9.17, 15) is 4.79 Å². The van der Waals surface area contributed by atoms with Gasteiger partial charge < -0.3 is 5.32 Å². The summed E-state index contributed by atoms with van der Waals surface area (Å²) in [5, 5.41) is 3.56. The van der Waals surface area contributed by atoms with E-state index in [0.717, 1.165) is 14.8 Å². The first kappa shape index (κ1) is 16.3. The molecule has 110 valence electrons. The average molecular weight is 414 g/mol. The van der Waals surface area contributed by atoms with Crippen molar-refractivity contribution in [3.8, 4) is 0 Å². The highest BCUT2D eigenvalue weighted by Crippen LogP contribution is 2.30. The fraction of sp³-hybridized carbons (Fsp3) is 0.235. The number of hydrogen-bond donors (Lipinski definition) is 1. The van der Waals surface area contributed by atoms with E-state index in [1.807, 2.05) is 30.3 Å². The van der Waals surface area contributed by atoms with Crippen LogP contribution in [0.4, 0.5) is 5.69 Å². The fourth-order valence-corrected chi connectivity index (χ4v) is 2.86. The summed E-state index contributed by atoms with van der Waals surface area (Å²) in [6.45, 7) is 6.38. The van der Waals surface area contributed by atoms with Gasteiger partial charge in [0.25, 0.3) is 5.91 Å². The minimum Gasteiger partial charge on any atom is -0.322 e. The molecule has 2 aromatic rings. The first-order valence-electron chi connectivity index (χ1n) is 6.65. The first-order valence-corrected chi connectivity index (χ1v) is 8.10. The third kappa shape index (κ3) is 3.98. The second-order valence-electron chi connectivity index (χ2n) is 5.87. The van der Waals surface area contributed by atoms with Gasteiger partial charge in [-0.2, -0.15) is 0 Å².